The Labute approximate surface area is 125 Å². The van der Waals surface area contributed by atoms with Gasteiger partial charge in [0.25, 0.3) is 0 Å². The highest BCUT2D eigenvalue weighted by atomic mass is 16.5. The van der Waals surface area contributed by atoms with Crippen LogP contribution in [-0.4, -0.2) is 25.7 Å². The quantitative estimate of drug-likeness (QED) is 0.544. The first-order valence-electron chi connectivity index (χ1n) is 6.68. The van der Waals surface area contributed by atoms with Crippen molar-refractivity contribution < 1.29 is 19.1 Å². The first kappa shape index (κ1) is 16.7. The molecular formula is C17H20O4. The van der Waals surface area contributed by atoms with Crippen LogP contribution in [0.5, 0.6) is 0 Å². The van der Waals surface area contributed by atoms with Gasteiger partial charge in [-0.25, -0.2) is 4.79 Å². The van der Waals surface area contributed by atoms with Crippen molar-refractivity contribution in [2.75, 3.05) is 13.7 Å². The number of rotatable bonds is 8. The van der Waals surface area contributed by atoms with E-state index in [1.165, 1.54) is 7.11 Å². The van der Waals surface area contributed by atoms with E-state index in [2.05, 4.69) is 13.2 Å². The summed E-state index contributed by atoms with van der Waals surface area (Å²) in [6.07, 6.45) is 2.92. The highest BCUT2D eigenvalue weighted by Gasteiger charge is 2.22. The molecule has 0 spiro atoms. The third kappa shape index (κ3) is 5.26. The van der Waals surface area contributed by atoms with Crippen molar-refractivity contribution in [3.8, 4) is 0 Å². The Hall–Kier alpha value is -2.36. The van der Waals surface area contributed by atoms with Crippen LogP contribution in [0.3, 0.4) is 0 Å². The smallest absolute Gasteiger partial charge is 0.338 e. The number of benzene rings is 1. The molecule has 0 amide bonds. The lowest BCUT2D eigenvalue weighted by Crippen LogP contribution is -2.21. The summed E-state index contributed by atoms with van der Waals surface area (Å²) in [6.45, 7) is 7.44. The van der Waals surface area contributed by atoms with Crippen LogP contribution in [-0.2, 0) is 14.3 Å². The third-order valence-corrected chi connectivity index (χ3v) is 3.04. The summed E-state index contributed by atoms with van der Waals surface area (Å²) in [6, 6.07) is 8.67. The summed E-state index contributed by atoms with van der Waals surface area (Å²) in [5.41, 5.74) is 0.985. The van der Waals surface area contributed by atoms with E-state index < -0.39 is 11.9 Å². The van der Waals surface area contributed by atoms with Crippen molar-refractivity contribution in [2.24, 2.45) is 5.92 Å². The molecule has 21 heavy (non-hydrogen) atoms. The fourth-order valence-corrected chi connectivity index (χ4v) is 1.83. The number of carbonyl (C=O) groups excluding carboxylic acids is 2. The number of esters is 2. The Kier molecular flexibility index (Phi) is 6.95. The van der Waals surface area contributed by atoms with Gasteiger partial charge in [0.15, 0.2) is 0 Å². The van der Waals surface area contributed by atoms with Crippen LogP contribution in [0, 0.1) is 5.92 Å². The molecule has 0 radical (unpaired) electrons. The molecular weight excluding hydrogens is 268 g/mol. The molecule has 1 rings (SSSR count). The summed E-state index contributed by atoms with van der Waals surface area (Å²) >= 11 is 0. The van der Waals surface area contributed by atoms with E-state index in [-0.39, 0.29) is 12.6 Å². The molecule has 4 nitrogen and oxygen atoms in total. The summed E-state index contributed by atoms with van der Waals surface area (Å²) < 4.78 is 9.92. The zero-order valence-electron chi connectivity index (χ0n) is 12.2. The normalized spacial score (nSPS) is 11.3. The Morgan fingerprint density at radius 2 is 1.95 bits per heavy atom. The Morgan fingerprint density at radius 1 is 1.29 bits per heavy atom. The molecule has 0 aliphatic carbocycles. The Balaban J connectivity index is 2.59. The molecule has 1 atom stereocenters. The average molecular weight is 288 g/mol. The minimum Gasteiger partial charge on any atom is -0.469 e. The van der Waals surface area contributed by atoms with Crippen molar-refractivity contribution in [3.05, 3.63) is 60.7 Å². The number of methoxy groups -OCH3 is 1. The van der Waals surface area contributed by atoms with Gasteiger partial charge in [-0.3, -0.25) is 4.79 Å². The third-order valence-electron chi connectivity index (χ3n) is 3.04. The van der Waals surface area contributed by atoms with E-state index >= 15 is 0 Å². The zero-order chi connectivity index (χ0) is 15.7. The highest BCUT2D eigenvalue weighted by molar-refractivity contribution is 5.89. The van der Waals surface area contributed by atoms with Crippen molar-refractivity contribution in [2.45, 2.75) is 12.8 Å². The second-order valence-corrected chi connectivity index (χ2v) is 4.54. The van der Waals surface area contributed by atoms with Crippen molar-refractivity contribution >= 4 is 11.9 Å². The number of ether oxygens (including phenoxy) is 2. The van der Waals surface area contributed by atoms with E-state index in [0.717, 1.165) is 0 Å². The van der Waals surface area contributed by atoms with Gasteiger partial charge in [-0.2, -0.15) is 0 Å². The van der Waals surface area contributed by atoms with E-state index in [1.54, 1.807) is 30.3 Å². The predicted molar refractivity (Wildman–Crippen MR) is 80.8 cm³/mol. The number of hydrogen-bond donors (Lipinski definition) is 0. The Morgan fingerprint density at radius 3 is 2.52 bits per heavy atom. The predicted octanol–water partition coefficient (Wildman–Crippen LogP) is 3.16. The van der Waals surface area contributed by atoms with Gasteiger partial charge in [0, 0.05) is 0 Å². The van der Waals surface area contributed by atoms with Crippen molar-refractivity contribution in [1.82, 2.24) is 0 Å². The Bertz CT molecular complexity index is 505. The largest absolute Gasteiger partial charge is 0.469 e. The number of carbonyl (C=O) groups is 2. The molecule has 4 heteroatoms. The molecule has 0 N–H and O–H groups in total. The molecule has 0 aliphatic heterocycles. The SMILES string of the molecule is C=CCC[C@H](C(=C)COC(=O)c1ccccc1)C(=O)OC. The molecule has 112 valence electrons. The number of hydrogen-bond acceptors (Lipinski definition) is 4. The zero-order valence-corrected chi connectivity index (χ0v) is 12.2. The maximum absolute atomic E-state index is 11.8. The van der Waals surface area contributed by atoms with Crippen molar-refractivity contribution in [3.63, 3.8) is 0 Å². The van der Waals surface area contributed by atoms with Gasteiger partial charge in [-0.1, -0.05) is 30.9 Å². The van der Waals surface area contributed by atoms with Crippen LogP contribution < -0.4 is 0 Å². The summed E-state index contributed by atoms with van der Waals surface area (Å²) in [5.74, 6) is -1.31. The van der Waals surface area contributed by atoms with Gasteiger partial charge in [0.1, 0.15) is 6.61 Å². The fourth-order valence-electron chi connectivity index (χ4n) is 1.83. The molecule has 0 unspecified atom stereocenters. The maximum atomic E-state index is 11.8. The minimum atomic E-state index is -0.489. The topological polar surface area (TPSA) is 52.6 Å². The molecule has 0 aromatic heterocycles. The van der Waals surface area contributed by atoms with E-state index in [1.807, 2.05) is 6.07 Å². The van der Waals surface area contributed by atoms with Crippen LogP contribution in [0.4, 0.5) is 0 Å². The lowest BCUT2D eigenvalue weighted by Gasteiger charge is -2.16. The lowest BCUT2D eigenvalue weighted by atomic mass is 9.95. The standard InChI is InChI=1S/C17H20O4/c1-4-5-11-15(17(19)20-3)13(2)12-21-16(18)14-9-7-6-8-10-14/h4,6-10,15H,1-2,5,11-12H2,3H3/t15-/m1/s1. The van der Waals surface area contributed by atoms with Crippen LogP contribution >= 0.6 is 0 Å². The highest BCUT2D eigenvalue weighted by Crippen LogP contribution is 2.18. The molecule has 0 bridgehead atoms. The van der Waals surface area contributed by atoms with E-state index in [0.29, 0.717) is 24.0 Å². The first-order chi connectivity index (χ1) is 10.1. The average Bonchev–Trinajstić information content (AvgIpc) is 2.53. The number of allylic oxidation sites excluding steroid dienone is 1. The molecule has 1 aromatic carbocycles. The monoisotopic (exact) mass is 288 g/mol. The minimum absolute atomic E-state index is 0.00929. The molecule has 0 saturated carbocycles. The van der Waals surface area contributed by atoms with Crippen LogP contribution in [0.15, 0.2) is 55.1 Å². The molecule has 0 fully saturated rings. The lowest BCUT2D eigenvalue weighted by molar-refractivity contribution is -0.144. The van der Waals surface area contributed by atoms with Gasteiger partial charge >= 0.3 is 11.9 Å². The van der Waals surface area contributed by atoms with Gasteiger partial charge in [0.2, 0.25) is 0 Å². The second kappa shape index (κ2) is 8.74. The van der Waals surface area contributed by atoms with Gasteiger partial charge in [-0.15, -0.1) is 6.58 Å². The van der Waals surface area contributed by atoms with Crippen LogP contribution in [0.1, 0.15) is 23.2 Å². The maximum Gasteiger partial charge on any atom is 0.338 e. The summed E-state index contributed by atoms with van der Waals surface area (Å²) in [5, 5.41) is 0. The van der Waals surface area contributed by atoms with Gasteiger partial charge in [-0.05, 0) is 30.5 Å². The van der Waals surface area contributed by atoms with Crippen molar-refractivity contribution in [1.29, 1.82) is 0 Å². The van der Waals surface area contributed by atoms with Crippen LogP contribution in [0.2, 0.25) is 0 Å². The first-order valence-corrected chi connectivity index (χ1v) is 6.68. The second-order valence-electron chi connectivity index (χ2n) is 4.54. The van der Waals surface area contributed by atoms with E-state index in [9.17, 15) is 9.59 Å². The molecule has 0 heterocycles. The summed E-state index contributed by atoms with van der Waals surface area (Å²) in [7, 11) is 1.33. The molecule has 0 saturated heterocycles. The van der Waals surface area contributed by atoms with Gasteiger partial charge < -0.3 is 9.47 Å². The van der Waals surface area contributed by atoms with E-state index in [4.69, 9.17) is 9.47 Å². The fraction of sp³-hybridized carbons (Fsp3) is 0.294. The van der Waals surface area contributed by atoms with Gasteiger partial charge in [0.05, 0.1) is 18.6 Å². The molecule has 0 aliphatic rings. The van der Waals surface area contributed by atoms with Crippen LogP contribution in [0.25, 0.3) is 0 Å². The molecule has 1 aromatic rings. The summed E-state index contributed by atoms with van der Waals surface area (Å²) in [4.78, 5) is 23.5.